The van der Waals surface area contributed by atoms with E-state index in [9.17, 15) is 9.59 Å². The third-order valence-corrected chi connectivity index (χ3v) is 6.94. The van der Waals surface area contributed by atoms with Crippen LogP contribution in [0.4, 0.5) is 5.69 Å². The van der Waals surface area contributed by atoms with Gasteiger partial charge in [0, 0.05) is 19.2 Å². The number of carbonyl (C=O) groups is 2. The first-order valence-electron chi connectivity index (χ1n) is 11.3. The first-order chi connectivity index (χ1) is 16.5. The quantitative estimate of drug-likeness (QED) is 0.573. The summed E-state index contributed by atoms with van der Waals surface area (Å²) in [6.45, 7) is 3.79. The second-order valence-electron chi connectivity index (χ2n) is 8.39. The summed E-state index contributed by atoms with van der Waals surface area (Å²) in [5.41, 5.74) is 1.80. The Labute approximate surface area is 204 Å². The summed E-state index contributed by atoms with van der Waals surface area (Å²) in [7, 11) is 3.20. The minimum atomic E-state index is -0.245. The van der Waals surface area contributed by atoms with Crippen LogP contribution < -0.4 is 14.4 Å². The maximum Gasteiger partial charge on any atom is 0.283 e. The van der Waals surface area contributed by atoms with Gasteiger partial charge in [0.2, 0.25) is 5.91 Å². The summed E-state index contributed by atoms with van der Waals surface area (Å²) in [6, 6.07) is 14.7. The van der Waals surface area contributed by atoms with Crippen molar-refractivity contribution in [1.29, 1.82) is 0 Å². The Morgan fingerprint density at radius 1 is 1.09 bits per heavy atom. The summed E-state index contributed by atoms with van der Waals surface area (Å²) < 4.78 is 10.6. The molecule has 8 heteroatoms. The normalized spacial score (nSPS) is 17.8. The number of likely N-dealkylation sites (tertiary alicyclic amines) is 1. The molecule has 0 radical (unpaired) electrons. The molecule has 2 aliphatic heterocycles. The topological polar surface area (TPSA) is 71.4 Å². The number of thioether (sulfide) groups is 1. The molecule has 0 atom stereocenters. The summed E-state index contributed by atoms with van der Waals surface area (Å²) in [6.07, 6.45) is 3.80. The molecular formula is C26H29N3O4S. The van der Waals surface area contributed by atoms with Gasteiger partial charge < -0.3 is 14.4 Å². The van der Waals surface area contributed by atoms with Crippen LogP contribution in [0, 0.1) is 5.92 Å². The van der Waals surface area contributed by atoms with Crippen molar-refractivity contribution >= 4 is 40.5 Å². The highest BCUT2D eigenvalue weighted by molar-refractivity contribution is 8.14. The van der Waals surface area contributed by atoms with Crippen molar-refractivity contribution in [2.75, 3.05) is 38.0 Å². The molecule has 7 nitrogen and oxygen atoms in total. The smallest absolute Gasteiger partial charge is 0.283 e. The van der Waals surface area contributed by atoms with Gasteiger partial charge in [-0.2, -0.15) is 0 Å². The van der Waals surface area contributed by atoms with Crippen molar-refractivity contribution in [3.05, 3.63) is 59.8 Å². The third-order valence-electron chi connectivity index (χ3n) is 6.02. The summed E-state index contributed by atoms with van der Waals surface area (Å²) in [5, 5.41) is 0.483. The molecule has 0 saturated carbocycles. The molecule has 0 spiro atoms. The van der Waals surface area contributed by atoms with E-state index in [1.807, 2.05) is 47.4 Å². The lowest BCUT2D eigenvalue weighted by Crippen LogP contribution is -2.39. The van der Waals surface area contributed by atoms with Crippen molar-refractivity contribution in [3.63, 3.8) is 0 Å². The van der Waals surface area contributed by atoms with Crippen molar-refractivity contribution < 1.29 is 19.1 Å². The number of rotatable bonds is 6. The number of hydrogen-bond acceptors (Lipinski definition) is 6. The van der Waals surface area contributed by atoms with Gasteiger partial charge in [0.25, 0.3) is 5.91 Å². The van der Waals surface area contributed by atoms with Gasteiger partial charge in [-0.3, -0.25) is 14.5 Å². The van der Waals surface area contributed by atoms with Crippen molar-refractivity contribution in [3.8, 4) is 11.5 Å². The molecule has 4 rings (SSSR count). The van der Waals surface area contributed by atoms with E-state index in [-0.39, 0.29) is 17.6 Å². The number of piperidine rings is 1. The fraction of sp³-hybridized carbons (Fsp3) is 0.346. The van der Waals surface area contributed by atoms with Crippen LogP contribution in [0.2, 0.25) is 0 Å². The molecule has 2 aromatic rings. The predicted molar refractivity (Wildman–Crippen MR) is 136 cm³/mol. The van der Waals surface area contributed by atoms with E-state index < -0.39 is 0 Å². The maximum absolute atomic E-state index is 13.4. The number of aliphatic imine (C=N–C) groups is 1. The van der Waals surface area contributed by atoms with Crippen LogP contribution >= 0.6 is 11.8 Å². The highest BCUT2D eigenvalue weighted by Gasteiger charge is 2.33. The van der Waals surface area contributed by atoms with Gasteiger partial charge in [-0.15, -0.1) is 0 Å². The Hall–Kier alpha value is -3.26. The van der Waals surface area contributed by atoms with E-state index in [4.69, 9.17) is 9.47 Å². The number of benzene rings is 2. The average molecular weight is 480 g/mol. The summed E-state index contributed by atoms with van der Waals surface area (Å²) in [5.74, 6) is 2.10. The Morgan fingerprint density at radius 3 is 2.47 bits per heavy atom. The van der Waals surface area contributed by atoms with E-state index in [1.54, 1.807) is 31.3 Å². The minimum absolute atomic E-state index is 0.0743. The Morgan fingerprint density at radius 2 is 1.79 bits per heavy atom. The van der Waals surface area contributed by atoms with Gasteiger partial charge in [-0.1, -0.05) is 36.9 Å². The predicted octanol–water partition coefficient (Wildman–Crippen LogP) is 4.44. The van der Waals surface area contributed by atoms with Crippen LogP contribution in [0.25, 0.3) is 6.08 Å². The lowest BCUT2D eigenvalue weighted by molar-refractivity contribution is -0.129. The van der Waals surface area contributed by atoms with Crippen LogP contribution in [-0.2, 0) is 9.59 Å². The minimum Gasteiger partial charge on any atom is -0.497 e. The van der Waals surface area contributed by atoms with Gasteiger partial charge >= 0.3 is 0 Å². The van der Waals surface area contributed by atoms with E-state index in [0.717, 1.165) is 37.2 Å². The molecule has 34 heavy (non-hydrogen) atoms. The molecule has 178 valence electrons. The van der Waals surface area contributed by atoms with Crippen LogP contribution in [0.1, 0.15) is 25.3 Å². The van der Waals surface area contributed by atoms with Crippen molar-refractivity contribution in [2.45, 2.75) is 19.8 Å². The zero-order valence-electron chi connectivity index (χ0n) is 19.7. The molecule has 2 amide bonds. The number of carbonyl (C=O) groups excluding carboxylic acids is 2. The SMILES string of the molecule is COc1ccc(/C=C2\N=C(SCC(=O)N3CCC(C)CC3)N(c3cccc(OC)c3)C2=O)cc1. The number of methoxy groups -OCH3 is 2. The van der Waals surface area contributed by atoms with E-state index in [1.165, 1.54) is 11.8 Å². The molecule has 0 bridgehead atoms. The standard InChI is InChI=1S/C26H29N3O4S/c1-18-11-13-28(14-12-18)24(30)17-34-26-27-23(15-19-7-9-21(32-2)10-8-19)25(31)29(26)20-5-4-6-22(16-20)33-3/h4-10,15-16,18H,11-14,17H2,1-3H3/b23-15-. The number of nitrogens with zero attached hydrogens (tertiary/aromatic N) is 3. The van der Waals surface area contributed by atoms with Crippen molar-refractivity contribution in [2.24, 2.45) is 10.9 Å². The summed E-state index contributed by atoms with van der Waals surface area (Å²) in [4.78, 5) is 34.3. The Kier molecular flexibility index (Phi) is 7.57. The number of anilines is 1. The molecular weight excluding hydrogens is 450 g/mol. The second kappa shape index (κ2) is 10.8. The number of hydrogen-bond donors (Lipinski definition) is 0. The molecule has 1 saturated heterocycles. The van der Waals surface area contributed by atoms with Gasteiger partial charge in [-0.05, 0) is 54.7 Å². The molecule has 0 aromatic heterocycles. The molecule has 0 N–H and O–H groups in total. The maximum atomic E-state index is 13.4. The van der Waals surface area contributed by atoms with Crippen molar-refractivity contribution in [1.82, 2.24) is 4.90 Å². The Bertz CT molecular complexity index is 1110. The van der Waals surface area contributed by atoms with Gasteiger partial charge in [0.05, 0.1) is 25.7 Å². The van der Waals surface area contributed by atoms with Gasteiger partial charge in [-0.25, -0.2) is 4.99 Å². The highest BCUT2D eigenvalue weighted by Crippen LogP contribution is 2.32. The number of ether oxygens (including phenoxy) is 2. The summed E-state index contributed by atoms with van der Waals surface area (Å²) >= 11 is 1.29. The Balaban J connectivity index is 1.58. The fourth-order valence-electron chi connectivity index (χ4n) is 3.90. The second-order valence-corrected chi connectivity index (χ2v) is 9.33. The fourth-order valence-corrected chi connectivity index (χ4v) is 4.82. The first-order valence-corrected chi connectivity index (χ1v) is 12.3. The van der Waals surface area contributed by atoms with E-state index >= 15 is 0 Å². The molecule has 2 heterocycles. The number of amidine groups is 1. The average Bonchev–Trinajstić information content (AvgIpc) is 3.18. The first kappa shape index (κ1) is 23.9. The molecule has 0 unspecified atom stereocenters. The monoisotopic (exact) mass is 479 g/mol. The molecule has 2 aromatic carbocycles. The van der Waals surface area contributed by atoms with Crippen LogP contribution in [0.3, 0.4) is 0 Å². The van der Waals surface area contributed by atoms with Gasteiger partial charge in [0.1, 0.15) is 17.2 Å². The molecule has 2 aliphatic rings. The van der Waals surface area contributed by atoms with E-state index in [2.05, 4.69) is 11.9 Å². The van der Waals surface area contributed by atoms with Crippen LogP contribution in [0.15, 0.2) is 59.2 Å². The zero-order chi connectivity index (χ0) is 24.1. The molecule has 0 aliphatic carbocycles. The van der Waals surface area contributed by atoms with Crippen LogP contribution in [0.5, 0.6) is 11.5 Å². The lowest BCUT2D eigenvalue weighted by atomic mass is 9.99. The highest BCUT2D eigenvalue weighted by atomic mass is 32.2. The van der Waals surface area contributed by atoms with Gasteiger partial charge in [0.15, 0.2) is 5.17 Å². The zero-order valence-corrected chi connectivity index (χ0v) is 20.5. The lowest BCUT2D eigenvalue weighted by Gasteiger charge is -2.30. The van der Waals surface area contributed by atoms with E-state index in [0.29, 0.717) is 28.2 Å². The number of amides is 2. The molecule has 1 fully saturated rings. The van der Waals surface area contributed by atoms with Crippen LogP contribution in [-0.4, -0.2) is 54.9 Å². The largest absolute Gasteiger partial charge is 0.497 e. The third kappa shape index (κ3) is 5.44.